The number of hydrogen-bond donors (Lipinski definition) is 3. The maximum atomic E-state index is 11.1. The molecule has 4 aromatic rings. The number of ether oxygens (including phenoxy) is 1. The zero-order valence-corrected chi connectivity index (χ0v) is 19.0. The number of carboxylic acids is 1. The van der Waals surface area contributed by atoms with Gasteiger partial charge in [0.2, 0.25) is 0 Å². The van der Waals surface area contributed by atoms with Crippen molar-refractivity contribution < 1.29 is 19.7 Å². The highest BCUT2D eigenvalue weighted by Gasteiger charge is 2.27. The number of fused-ring (bicyclic) bond motifs is 2. The van der Waals surface area contributed by atoms with E-state index in [1.165, 1.54) is 0 Å². The van der Waals surface area contributed by atoms with Gasteiger partial charge in [0.1, 0.15) is 17.6 Å². The topological polar surface area (TPSA) is 111 Å². The average Bonchev–Trinajstić information content (AvgIpc) is 3.43. The molecule has 34 heavy (non-hydrogen) atoms. The van der Waals surface area contributed by atoms with Crippen molar-refractivity contribution in [3.05, 3.63) is 71.4 Å². The lowest BCUT2D eigenvalue weighted by molar-refractivity contribution is -0.136. The number of carbonyl (C=O) groups is 1. The summed E-state index contributed by atoms with van der Waals surface area (Å²) in [6, 6.07) is 15.4. The number of aromatic nitrogens is 2. The van der Waals surface area contributed by atoms with Crippen molar-refractivity contribution in [1.82, 2.24) is 9.78 Å². The number of nitrogens with zero attached hydrogens (tertiary/aromatic N) is 2. The second kappa shape index (κ2) is 8.74. The fraction of sp³-hybridized carbons (Fsp3) is 0.259. The molecule has 0 bridgehead atoms. The van der Waals surface area contributed by atoms with Crippen molar-refractivity contribution >= 4 is 22.6 Å². The first-order valence-electron chi connectivity index (χ1n) is 11.5. The lowest BCUT2D eigenvalue weighted by atomic mass is 9.97. The third-order valence-corrected chi connectivity index (χ3v) is 6.47. The maximum Gasteiger partial charge on any atom is 0.303 e. The Hall–Kier alpha value is -4.00. The second-order valence-electron chi connectivity index (χ2n) is 8.75. The summed E-state index contributed by atoms with van der Waals surface area (Å²) in [6.07, 6.45) is 3.39. The molecule has 1 aliphatic carbocycles. The van der Waals surface area contributed by atoms with Gasteiger partial charge in [-0.15, -0.1) is 0 Å². The van der Waals surface area contributed by atoms with Gasteiger partial charge in [0.05, 0.1) is 17.4 Å². The van der Waals surface area contributed by atoms with Crippen LogP contribution in [0.4, 0.5) is 5.69 Å². The summed E-state index contributed by atoms with van der Waals surface area (Å²) < 4.78 is 8.42. The van der Waals surface area contributed by atoms with Crippen molar-refractivity contribution in [1.29, 1.82) is 0 Å². The molecule has 0 aliphatic heterocycles. The van der Waals surface area contributed by atoms with Crippen LogP contribution in [0.3, 0.4) is 0 Å². The Labute approximate surface area is 197 Å². The van der Waals surface area contributed by atoms with Crippen molar-refractivity contribution in [2.24, 2.45) is 0 Å². The Morgan fingerprint density at radius 2 is 2.06 bits per heavy atom. The van der Waals surface area contributed by atoms with Crippen molar-refractivity contribution in [2.45, 2.75) is 45.3 Å². The van der Waals surface area contributed by atoms with Crippen LogP contribution in [0.15, 0.2) is 54.7 Å². The molecule has 1 unspecified atom stereocenters. The van der Waals surface area contributed by atoms with Gasteiger partial charge in [0.25, 0.3) is 0 Å². The molecule has 0 amide bonds. The van der Waals surface area contributed by atoms with Gasteiger partial charge < -0.3 is 20.7 Å². The molecule has 0 fully saturated rings. The minimum atomic E-state index is -0.850. The Morgan fingerprint density at radius 1 is 1.21 bits per heavy atom. The summed E-state index contributed by atoms with van der Waals surface area (Å²) >= 11 is 0. The molecule has 0 saturated carbocycles. The van der Waals surface area contributed by atoms with Crippen LogP contribution >= 0.6 is 0 Å². The van der Waals surface area contributed by atoms with Crippen LogP contribution in [0, 0.1) is 0 Å². The lowest BCUT2D eigenvalue weighted by Gasteiger charge is -2.20. The molecular formula is C27H27N3O4. The molecule has 3 aromatic carbocycles. The van der Waals surface area contributed by atoms with E-state index in [1.807, 2.05) is 41.2 Å². The van der Waals surface area contributed by atoms with Gasteiger partial charge >= 0.3 is 5.97 Å². The number of hydrogen-bond acceptors (Lipinski definition) is 5. The van der Waals surface area contributed by atoms with Gasteiger partial charge in [-0.3, -0.25) is 9.48 Å². The number of aryl methyl sites for hydroxylation is 2. The van der Waals surface area contributed by atoms with Gasteiger partial charge in [0.15, 0.2) is 0 Å². The summed E-state index contributed by atoms with van der Waals surface area (Å²) in [6.45, 7) is 2.83. The van der Waals surface area contributed by atoms with Crippen LogP contribution in [0.25, 0.3) is 22.0 Å². The first-order valence-corrected chi connectivity index (χ1v) is 11.5. The molecule has 174 valence electrons. The number of phenols is 1. The molecule has 1 aliphatic rings. The number of nitrogens with two attached hydrogens (primary N) is 1. The van der Waals surface area contributed by atoms with E-state index in [0.717, 1.165) is 45.3 Å². The molecule has 0 radical (unpaired) electrons. The van der Waals surface area contributed by atoms with E-state index in [9.17, 15) is 9.90 Å². The first kappa shape index (κ1) is 21.8. The van der Waals surface area contributed by atoms with E-state index in [1.54, 1.807) is 12.1 Å². The van der Waals surface area contributed by atoms with Crippen LogP contribution < -0.4 is 10.5 Å². The number of anilines is 1. The smallest absolute Gasteiger partial charge is 0.303 e. The molecule has 5 rings (SSSR count). The quantitative estimate of drug-likeness (QED) is 0.351. The highest BCUT2D eigenvalue weighted by molar-refractivity contribution is 5.88. The summed E-state index contributed by atoms with van der Waals surface area (Å²) in [5, 5.41) is 24.8. The molecule has 0 saturated heterocycles. The number of phenolic OH excluding ortho intramolecular Hbond substituents is 1. The fourth-order valence-corrected chi connectivity index (χ4v) is 4.80. The van der Waals surface area contributed by atoms with Crippen LogP contribution in [0.1, 0.15) is 30.0 Å². The predicted molar refractivity (Wildman–Crippen MR) is 131 cm³/mol. The Balaban J connectivity index is 1.54. The fourth-order valence-electron chi connectivity index (χ4n) is 4.80. The number of aliphatic carboxylic acids is 1. The van der Waals surface area contributed by atoms with E-state index < -0.39 is 5.97 Å². The Bertz CT molecular complexity index is 1390. The zero-order chi connectivity index (χ0) is 23.8. The van der Waals surface area contributed by atoms with Crippen molar-refractivity contribution in [3.63, 3.8) is 0 Å². The highest BCUT2D eigenvalue weighted by atomic mass is 16.5. The summed E-state index contributed by atoms with van der Waals surface area (Å²) in [5.74, 6) is 0.0233. The van der Waals surface area contributed by atoms with Gasteiger partial charge in [-0.05, 0) is 60.4 Å². The van der Waals surface area contributed by atoms with Gasteiger partial charge in [0, 0.05) is 42.3 Å². The minimum Gasteiger partial charge on any atom is -0.508 e. The standard InChI is InChI=1S/C27H27N3O4/c1-2-30-24-8-7-18(12-19(24)15-29-30)22-10-16(6-9-26(32)33)11-23(28)27(22)34-20-13-17-4-3-5-25(31)21(17)14-20/h3-5,7-8,10-12,15,20,31H,2,6,9,13-14,28H2,1H3,(H,32,33). The van der Waals surface area contributed by atoms with E-state index in [-0.39, 0.29) is 12.5 Å². The van der Waals surface area contributed by atoms with Crippen LogP contribution in [0.2, 0.25) is 0 Å². The second-order valence-corrected chi connectivity index (χ2v) is 8.75. The third kappa shape index (κ3) is 4.05. The minimum absolute atomic E-state index is 0.0264. The number of aromatic hydroxyl groups is 1. The Morgan fingerprint density at radius 3 is 2.82 bits per heavy atom. The third-order valence-electron chi connectivity index (χ3n) is 6.47. The molecule has 1 heterocycles. The first-order chi connectivity index (χ1) is 16.4. The van der Waals surface area contributed by atoms with Crippen LogP contribution in [-0.2, 0) is 30.6 Å². The van der Waals surface area contributed by atoms with Gasteiger partial charge in [-0.1, -0.05) is 18.2 Å². The summed E-state index contributed by atoms with van der Waals surface area (Å²) in [5.41, 5.74) is 12.6. The van der Waals surface area contributed by atoms with Crippen molar-refractivity contribution in [2.75, 3.05) is 5.73 Å². The largest absolute Gasteiger partial charge is 0.508 e. The molecule has 0 spiro atoms. The maximum absolute atomic E-state index is 11.1. The molecular weight excluding hydrogens is 430 g/mol. The van der Waals surface area contributed by atoms with E-state index in [2.05, 4.69) is 18.1 Å². The Kier molecular flexibility index (Phi) is 5.61. The molecule has 1 aromatic heterocycles. The van der Waals surface area contributed by atoms with E-state index in [4.69, 9.17) is 15.6 Å². The number of carboxylic acid groups (broad SMARTS) is 1. The van der Waals surface area contributed by atoms with Crippen LogP contribution in [0.5, 0.6) is 11.5 Å². The molecule has 1 atom stereocenters. The zero-order valence-electron chi connectivity index (χ0n) is 19.0. The number of nitrogen functional groups attached to an aromatic ring is 1. The molecule has 4 N–H and O–H groups in total. The van der Waals surface area contributed by atoms with Crippen LogP contribution in [-0.4, -0.2) is 32.1 Å². The lowest BCUT2D eigenvalue weighted by Crippen LogP contribution is -2.18. The van der Waals surface area contributed by atoms with E-state index in [0.29, 0.717) is 36.4 Å². The average molecular weight is 458 g/mol. The highest BCUT2D eigenvalue weighted by Crippen LogP contribution is 2.40. The van der Waals surface area contributed by atoms with Gasteiger partial charge in [-0.25, -0.2) is 0 Å². The van der Waals surface area contributed by atoms with E-state index >= 15 is 0 Å². The number of benzene rings is 3. The van der Waals surface area contributed by atoms with Gasteiger partial charge in [-0.2, -0.15) is 5.10 Å². The SMILES string of the molecule is CCn1ncc2cc(-c3cc(CCC(=O)O)cc(N)c3OC3Cc4cccc(O)c4C3)ccc21. The van der Waals surface area contributed by atoms with Crippen molar-refractivity contribution in [3.8, 4) is 22.6 Å². The summed E-state index contributed by atoms with van der Waals surface area (Å²) in [4.78, 5) is 11.1. The predicted octanol–water partition coefficient (Wildman–Crippen LogP) is 4.57. The molecule has 7 nitrogen and oxygen atoms in total. The molecule has 7 heteroatoms. The number of rotatable bonds is 7. The monoisotopic (exact) mass is 457 g/mol. The summed E-state index contributed by atoms with van der Waals surface area (Å²) in [7, 11) is 0. The normalized spacial score (nSPS) is 14.9.